The Bertz CT molecular complexity index is 965. The predicted molar refractivity (Wildman–Crippen MR) is 95.2 cm³/mol. The molecule has 0 spiro atoms. The van der Waals surface area contributed by atoms with Crippen LogP contribution in [-0.2, 0) is 6.18 Å². The first-order valence-corrected chi connectivity index (χ1v) is 9.01. The van der Waals surface area contributed by atoms with Crippen LogP contribution >= 0.6 is 0 Å². The van der Waals surface area contributed by atoms with E-state index in [-0.39, 0.29) is 5.65 Å². The average Bonchev–Trinajstić information content (AvgIpc) is 3.10. The number of nitrogens with zero attached hydrogens (tertiary/aromatic N) is 6. The molecule has 0 atom stereocenters. The maximum atomic E-state index is 13.0. The molecular formula is C18H19F3N6O. The van der Waals surface area contributed by atoms with Crippen LogP contribution in [0.25, 0.3) is 5.65 Å². The van der Waals surface area contributed by atoms with Crippen molar-refractivity contribution in [1.29, 1.82) is 0 Å². The number of alkyl halides is 3. The Kier molecular flexibility index (Phi) is 4.78. The highest BCUT2D eigenvalue weighted by atomic mass is 19.4. The summed E-state index contributed by atoms with van der Waals surface area (Å²) in [7, 11) is 0. The lowest BCUT2D eigenvalue weighted by molar-refractivity contribution is -0.146. The number of piperidine rings is 1. The summed E-state index contributed by atoms with van der Waals surface area (Å²) in [6, 6.07) is 8.83. The molecular weight excluding hydrogens is 373 g/mol. The van der Waals surface area contributed by atoms with Gasteiger partial charge in [-0.25, -0.2) is 4.98 Å². The zero-order valence-corrected chi connectivity index (χ0v) is 15.2. The molecule has 0 radical (unpaired) electrons. The monoisotopic (exact) mass is 392 g/mol. The summed E-state index contributed by atoms with van der Waals surface area (Å²) in [6.07, 6.45) is -2.88. The molecule has 0 saturated carbocycles. The van der Waals surface area contributed by atoms with Gasteiger partial charge in [0, 0.05) is 24.8 Å². The fourth-order valence-electron chi connectivity index (χ4n) is 3.26. The molecule has 1 aliphatic heterocycles. The molecule has 4 heterocycles. The number of aryl methyl sites for hydroxylation is 1. The van der Waals surface area contributed by atoms with Crippen molar-refractivity contribution in [2.24, 2.45) is 5.92 Å². The lowest BCUT2D eigenvalue weighted by atomic mass is 9.98. The molecule has 0 unspecified atom stereocenters. The van der Waals surface area contributed by atoms with Crippen LogP contribution < -0.4 is 9.64 Å². The largest absolute Gasteiger partial charge is 0.477 e. The first-order chi connectivity index (χ1) is 13.4. The summed E-state index contributed by atoms with van der Waals surface area (Å²) < 4.78 is 45.6. The zero-order chi connectivity index (χ0) is 19.7. The zero-order valence-electron chi connectivity index (χ0n) is 15.2. The van der Waals surface area contributed by atoms with Crippen molar-refractivity contribution in [2.75, 3.05) is 24.6 Å². The molecule has 3 aromatic rings. The second-order valence-electron chi connectivity index (χ2n) is 6.84. The van der Waals surface area contributed by atoms with Gasteiger partial charge >= 0.3 is 6.18 Å². The molecule has 148 valence electrons. The lowest BCUT2D eigenvalue weighted by Crippen LogP contribution is -2.36. The van der Waals surface area contributed by atoms with Gasteiger partial charge in [0.05, 0.1) is 6.61 Å². The van der Waals surface area contributed by atoms with E-state index in [1.165, 1.54) is 6.07 Å². The molecule has 1 aliphatic rings. The summed E-state index contributed by atoms with van der Waals surface area (Å²) >= 11 is 0. The van der Waals surface area contributed by atoms with E-state index >= 15 is 0 Å². The lowest BCUT2D eigenvalue weighted by Gasteiger charge is -2.32. The molecule has 28 heavy (non-hydrogen) atoms. The summed E-state index contributed by atoms with van der Waals surface area (Å²) in [4.78, 5) is 6.30. The standard InChI is InChI=1S/C18H19F3N6O/c1-12-3-2-4-16(22-12)28-11-13-7-9-26(10-8-13)15-6-5-14-23-24-17(18(19,20)21)27(14)25-15/h2-6,13H,7-11H2,1H3. The SMILES string of the molecule is Cc1cccc(OCC2CCN(c3ccc4nnc(C(F)(F)F)n4n3)CC2)n1. The Labute approximate surface area is 159 Å². The second kappa shape index (κ2) is 7.25. The van der Waals surface area contributed by atoms with E-state index in [0.717, 1.165) is 23.1 Å². The van der Waals surface area contributed by atoms with E-state index in [2.05, 4.69) is 20.3 Å². The average molecular weight is 392 g/mol. The quantitative estimate of drug-likeness (QED) is 0.680. The number of hydrogen-bond donors (Lipinski definition) is 0. The number of pyridine rings is 1. The van der Waals surface area contributed by atoms with Gasteiger partial charge in [-0.05, 0) is 43.9 Å². The van der Waals surface area contributed by atoms with Crippen LogP contribution in [0.3, 0.4) is 0 Å². The van der Waals surface area contributed by atoms with Gasteiger partial charge < -0.3 is 9.64 Å². The summed E-state index contributed by atoms with van der Waals surface area (Å²) in [5.74, 6) is 0.348. The fourth-order valence-corrected chi connectivity index (χ4v) is 3.26. The van der Waals surface area contributed by atoms with Crippen LogP contribution in [0.15, 0.2) is 30.3 Å². The summed E-state index contributed by atoms with van der Waals surface area (Å²) in [6.45, 7) is 3.87. The van der Waals surface area contributed by atoms with Gasteiger partial charge in [-0.1, -0.05) is 6.07 Å². The molecule has 0 N–H and O–H groups in total. The highest BCUT2D eigenvalue weighted by Crippen LogP contribution is 2.28. The number of hydrogen-bond acceptors (Lipinski definition) is 6. The number of anilines is 1. The summed E-state index contributed by atoms with van der Waals surface area (Å²) in [5.41, 5.74) is 0.978. The molecule has 0 aliphatic carbocycles. The van der Waals surface area contributed by atoms with E-state index in [4.69, 9.17) is 4.74 Å². The van der Waals surface area contributed by atoms with E-state index < -0.39 is 12.0 Å². The minimum atomic E-state index is -4.60. The Morgan fingerprint density at radius 2 is 1.89 bits per heavy atom. The highest BCUT2D eigenvalue weighted by Gasteiger charge is 2.37. The molecule has 4 rings (SSSR count). The highest BCUT2D eigenvalue weighted by molar-refractivity contribution is 5.46. The van der Waals surface area contributed by atoms with Crippen molar-refractivity contribution in [1.82, 2.24) is 24.8 Å². The third-order valence-electron chi connectivity index (χ3n) is 4.77. The Hall–Kier alpha value is -2.91. The van der Waals surface area contributed by atoms with Gasteiger partial charge in [0.15, 0.2) is 5.65 Å². The molecule has 7 nitrogen and oxygen atoms in total. The Morgan fingerprint density at radius 1 is 1.11 bits per heavy atom. The number of rotatable bonds is 4. The number of halogens is 3. The minimum Gasteiger partial charge on any atom is -0.477 e. The van der Waals surface area contributed by atoms with Gasteiger partial charge in [0.1, 0.15) is 5.82 Å². The first-order valence-electron chi connectivity index (χ1n) is 9.01. The molecule has 3 aromatic heterocycles. The van der Waals surface area contributed by atoms with Gasteiger partial charge in [-0.2, -0.15) is 17.7 Å². The Morgan fingerprint density at radius 3 is 2.61 bits per heavy atom. The van der Waals surface area contributed by atoms with Crippen LogP contribution in [0.2, 0.25) is 0 Å². The van der Waals surface area contributed by atoms with E-state index in [1.807, 2.05) is 30.0 Å². The van der Waals surface area contributed by atoms with Gasteiger partial charge in [0.25, 0.3) is 5.82 Å². The van der Waals surface area contributed by atoms with E-state index in [1.54, 1.807) is 6.07 Å². The molecule has 10 heteroatoms. The van der Waals surface area contributed by atoms with E-state index in [9.17, 15) is 13.2 Å². The van der Waals surface area contributed by atoms with Gasteiger partial charge in [-0.15, -0.1) is 15.3 Å². The molecule has 0 aromatic carbocycles. The molecule has 0 bridgehead atoms. The van der Waals surface area contributed by atoms with E-state index in [0.29, 0.717) is 37.3 Å². The molecule has 0 amide bonds. The summed E-state index contributed by atoms with van der Waals surface area (Å²) in [5, 5.41) is 10.9. The number of ether oxygens (including phenoxy) is 1. The predicted octanol–water partition coefficient (Wildman–Crippen LogP) is 3.14. The molecule has 1 fully saturated rings. The topological polar surface area (TPSA) is 68.4 Å². The van der Waals surface area contributed by atoms with Crippen LogP contribution in [0.1, 0.15) is 24.4 Å². The third-order valence-corrected chi connectivity index (χ3v) is 4.77. The first kappa shape index (κ1) is 18.5. The maximum absolute atomic E-state index is 13.0. The fraction of sp³-hybridized carbons (Fsp3) is 0.444. The maximum Gasteiger partial charge on any atom is 0.453 e. The van der Waals surface area contributed by atoms with Crippen molar-refractivity contribution >= 4 is 11.5 Å². The van der Waals surface area contributed by atoms with Crippen molar-refractivity contribution < 1.29 is 17.9 Å². The van der Waals surface area contributed by atoms with Crippen molar-refractivity contribution in [3.63, 3.8) is 0 Å². The van der Waals surface area contributed by atoms with Crippen molar-refractivity contribution in [2.45, 2.75) is 25.9 Å². The molecule has 1 saturated heterocycles. The van der Waals surface area contributed by atoms with Crippen molar-refractivity contribution in [3.8, 4) is 5.88 Å². The minimum absolute atomic E-state index is 0.0741. The third kappa shape index (κ3) is 3.85. The second-order valence-corrected chi connectivity index (χ2v) is 6.84. The van der Waals surface area contributed by atoms with Gasteiger partial charge in [0.2, 0.25) is 5.88 Å². The van der Waals surface area contributed by atoms with Crippen LogP contribution in [0.5, 0.6) is 5.88 Å². The van der Waals surface area contributed by atoms with Crippen LogP contribution in [0, 0.1) is 12.8 Å². The normalized spacial score (nSPS) is 15.9. The van der Waals surface area contributed by atoms with Crippen molar-refractivity contribution in [3.05, 3.63) is 41.9 Å². The smallest absolute Gasteiger partial charge is 0.453 e. The van der Waals surface area contributed by atoms with Crippen LogP contribution in [0.4, 0.5) is 19.0 Å². The van der Waals surface area contributed by atoms with Crippen LogP contribution in [-0.4, -0.2) is 44.5 Å². The van der Waals surface area contributed by atoms with Gasteiger partial charge in [-0.3, -0.25) is 0 Å². The number of fused-ring (bicyclic) bond motifs is 1. The Balaban J connectivity index is 1.39. The number of aromatic nitrogens is 5.